The van der Waals surface area contributed by atoms with E-state index in [0.29, 0.717) is 13.1 Å². The van der Waals surface area contributed by atoms with E-state index in [1.807, 2.05) is 55.5 Å². The molecule has 3 rings (SSSR count). The number of carbonyl (C=O) groups is 2. The Morgan fingerprint density at radius 3 is 2.15 bits per heavy atom. The fourth-order valence-corrected chi connectivity index (χ4v) is 3.53. The Morgan fingerprint density at radius 1 is 0.962 bits per heavy atom. The first-order valence-corrected chi connectivity index (χ1v) is 9.18. The van der Waals surface area contributed by atoms with Crippen molar-refractivity contribution >= 4 is 11.9 Å². The number of amides is 3. The third-order valence-corrected chi connectivity index (χ3v) is 5.15. The summed E-state index contributed by atoms with van der Waals surface area (Å²) < 4.78 is 0. The first kappa shape index (κ1) is 18.1. The molecule has 2 aromatic carbocycles. The number of nitrogens with zero attached hydrogens (tertiary/aromatic N) is 1. The summed E-state index contributed by atoms with van der Waals surface area (Å²) in [6.07, 6.45) is 0.526. The first-order chi connectivity index (χ1) is 12.6. The van der Waals surface area contributed by atoms with Gasteiger partial charge in [0.15, 0.2) is 6.67 Å². The number of nitrogens with one attached hydrogen (secondary N) is 2. The molecule has 0 bridgehead atoms. The summed E-state index contributed by atoms with van der Waals surface area (Å²) in [5.41, 5.74) is 1.08. The third kappa shape index (κ3) is 3.35. The molecule has 0 radical (unpaired) electrons. The van der Waals surface area contributed by atoms with Crippen molar-refractivity contribution in [2.45, 2.75) is 32.4 Å². The van der Waals surface area contributed by atoms with Crippen LogP contribution in [0.25, 0.3) is 0 Å². The second-order valence-electron chi connectivity index (χ2n) is 6.71. The van der Waals surface area contributed by atoms with Gasteiger partial charge in [-0.2, -0.15) is 0 Å². The smallest absolute Gasteiger partial charge is 0.319 e. The predicted octanol–water partition coefficient (Wildman–Crippen LogP) is 1.91. The highest BCUT2D eigenvalue weighted by atomic mass is 16.2. The van der Waals surface area contributed by atoms with Crippen LogP contribution in [0.15, 0.2) is 60.7 Å². The topological polar surface area (TPSA) is 53.9 Å². The summed E-state index contributed by atoms with van der Waals surface area (Å²) in [6.45, 7) is 5.98. The Bertz CT molecular complexity index is 763. The van der Waals surface area contributed by atoms with E-state index in [1.165, 1.54) is 15.4 Å². The quantitative estimate of drug-likeness (QED) is 0.748. The number of hydrogen-bond donors (Lipinski definition) is 2. The minimum atomic E-state index is -0.954. The molecule has 5 nitrogen and oxygen atoms in total. The Kier molecular flexibility index (Phi) is 5.38. The monoisotopic (exact) mass is 352 g/mol. The van der Waals surface area contributed by atoms with Crippen molar-refractivity contribution in [2.75, 3.05) is 13.2 Å². The molecule has 2 N–H and O–H groups in total. The second-order valence-corrected chi connectivity index (χ2v) is 6.71. The van der Waals surface area contributed by atoms with Gasteiger partial charge in [-0.1, -0.05) is 67.6 Å². The van der Waals surface area contributed by atoms with Crippen LogP contribution in [0.5, 0.6) is 0 Å². The molecule has 2 aromatic rings. The van der Waals surface area contributed by atoms with E-state index in [4.69, 9.17) is 0 Å². The molecule has 5 heteroatoms. The van der Waals surface area contributed by atoms with Gasteiger partial charge < -0.3 is 10.2 Å². The highest BCUT2D eigenvalue weighted by Gasteiger charge is 2.52. The van der Waals surface area contributed by atoms with Gasteiger partial charge in [-0.15, -0.1) is 0 Å². The van der Waals surface area contributed by atoms with Gasteiger partial charge in [0.25, 0.3) is 5.91 Å². The minimum absolute atomic E-state index is 0.157. The van der Waals surface area contributed by atoms with Crippen LogP contribution >= 0.6 is 0 Å². The van der Waals surface area contributed by atoms with Crippen LogP contribution in [0.1, 0.15) is 31.4 Å². The molecule has 1 unspecified atom stereocenters. The first-order valence-electron chi connectivity index (χ1n) is 9.18. The summed E-state index contributed by atoms with van der Waals surface area (Å²) in [6, 6.07) is 19.3. The molecule has 0 spiro atoms. The van der Waals surface area contributed by atoms with Crippen molar-refractivity contribution in [2.24, 2.45) is 0 Å². The third-order valence-electron chi connectivity index (χ3n) is 5.15. The summed E-state index contributed by atoms with van der Waals surface area (Å²) in [4.78, 5) is 28.4. The van der Waals surface area contributed by atoms with Crippen molar-refractivity contribution in [3.05, 3.63) is 71.8 Å². The highest BCUT2D eigenvalue weighted by molar-refractivity contribution is 6.07. The van der Waals surface area contributed by atoms with Crippen LogP contribution in [-0.2, 0) is 16.9 Å². The molecule has 0 saturated carbocycles. The molecular formula is C21H26N3O2+. The minimum Gasteiger partial charge on any atom is -0.319 e. The predicted molar refractivity (Wildman–Crippen MR) is 100 cm³/mol. The van der Waals surface area contributed by atoms with Gasteiger partial charge in [0.2, 0.25) is 0 Å². The van der Waals surface area contributed by atoms with E-state index < -0.39 is 5.54 Å². The Morgan fingerprint density at radius 2 is 1.58 bits per heavy atom. The molecule has 1 aliphatic heterocycles. The Labute approximate surface area is 154 Å². The van der Waals surface area contributed by atoms with Crippen LogP contribution in [-0.4, -0.2) is 30.1 Å². The van der Waals surface area contributed by atoms with Crippen LogP contribution < -0.4 is 10.2 Å². The van der Waals surface area contributed by atoms with Gasteiger partial charge in [0.1, 0.15) is 12.1 Å². The van der Waals surface area contributed by atoms with E-state index in [2.05, 4.69) is 24.4 Å². The molecule has 136 valence electrons. The van der Waals surface area contributed by atoms with Gasteiger partial charge >= 0.3 is 6.03 Å². The highest BCUT2D eigenvalue weighted by Crippen LogP contribution is 2.31. The Balaban J connectivity index is 1.80. The Hall–Kier alpha value is -2.66. The van der Waals surface area contributed by atoms with Crippen molar-refractivity contribution in [3.63, 3.8) is 0 Å². The van der Waals surface area contributed by atoms with Gasteiger partial charge in [-0.05, 0) is 18.9 Å². The van der Waals surface area contributed by atoms with Crippen LogP contribution in [0, 0.1) is 0 Å². The molecule has 1 fully saturated rings. The lowest BCUT2D eigenvalue weighted by molar-refractivity contribution is -0.919. The zero-order chi connectivity index (χ0) is 18.6. The summed E-state index contributed by atoms with van der Waals surface area (Å²) in [5, 5.41) is 2.95. The average molecular weight is 352 g/mol. The maximum atomic E-state index is 13.2. The average Bonchev–Trinajstić information content (AvgIpc) is 2.94. The maximum Gasteiger partial charge on any atom is 0.329 e. The van der Waals surface area contributed by atoms with Crippen molar-refractivity contribution in [1.82, 2.24) is 10.2 Å². The van der Waals surface area contributed by atoms with Crippen LogP contribution in [0.2, 0.25) is 0 Å². The fraction of sp³-hybridized carbons (Fsp3) is 0.333. The molecule has 26 heavy (non-hydrogen) atoms. The lowest BCUT2D eigenvalue weighted by Gasteiger charge is -2.26. The van der Waals surface area contributed by atoms with Crippen molar-refractivity contribution in [3.8, 4) is 0 Å². The van der Waals surface area contributed by atoms with E-state index in [9.17, 15) is 9.59 Å². The molecule has 0 aromatic heterocycles. The lowest BCUT2D eigenvalue weighted by Crippen LogP contribution is -3.12. The summed E-state index contributed by atoms with van der Waals surface area (Å²) in [5.74, 6) is -0.157. The van der Waals surface area contributed by atoms with Gasteiger partial charge in [0, 0.05) is 5.56 Å². The molecule has 1 heterocycles. The van der Waals surface area contributed by atoms with Crippen molar-refractivity contribution < 1.29 is 14.5 Å². The van der Waals surface area contributed by atoms with Gasteiger partial charge in [-0.25, -0.2) is 9.69 Å². The molecule has 0 aliphatic carbocycles. The summed E-state index contributed by atoms with van der Waals surface area (Å²) in [7, 11) is 0. The van der Waals surface area contributed by atoms with E-state index >= 15 is 0 Å². The molecule has 2 atom stereocenters. The molecular weight excluding hydrogens is 326 g/mol. The second kappa shape index (κ2) is 7.70. The normalized spacial score (nSPS) is 20.9. The van der Waals surface area contributed by atoms with E-state index in [0.717, 1.165) is 18.7 Å². The molecule has 1 aliphatic rings. The number of imide groups is 1. The van der Waals surface area contributed by atoms with Crippen molar-refractivity contribution in [1.29, 1.82) is 0 Å². The zero-order valence-corrected chi connectivity index (χ0v) is 15.4. The number of hydrogen-bond acceptors (Lipinski definition) is 2. The van der Waals surface area contributed by atoms with Crippen LogP contribution in [0.3, 0.4) is 0 Å². The summed E-state index contributed by atoms with van der Waals surface area (Å²) >= 11 is 0. The number of carbonyl (C=O) groups excluding carboxylic acids is 2. The number of quaternary nitrogens is 1. The zero-order valence-electron chi connectivity index (χ0n) is 15.4. The van der Waals surface area contributed by atoms with Crippen LogP contribution in [0.4, 0.5) is 4.79 Å². The van der Waals surface area contributed by atoms with E-state index in [-0.39, 0.29) is 11.9 Å². The lowest BCUT2D eigenvalue weighted by atomic mass is 9.87. The molecule has 1 saturated heterocycles. The number of rotatable bonds is 7. The largest absolute Gasteiger partial charge is 0.329 e. The fourth-order valence-electron chi connectivity index (χ4n) is 3.53. The van der Waals surface area contributed by atoms with Gasteiger partial charge in [-0.3, -0.25) is 4.79 Å². The number of benzene rings is 2. The molecule has 3 amide bonds. The number of urea groups is 1. The van der Waals surface area contributed by atoms with Gasteiger partial charge in [0.05, 0.1) is 6.54 Å². The SMILES string of the molecule is CC[NH+](Cc1ccccc1)CN1C(=O)N[C@](CC)(c2ccccc2)C1=O. The standard InChI is InChI=1S/C21H25N3O2/c1-3-21(18-13-9-6-10-14-18)19(25)24(20(26)22-21)16-23(4-2)15-17-11-7-5-8-12-17/h5-14H,3-4,15-16H2,1-2H3,(H,22,26)/p+1/t21-/m1/s1. The van der Waals surface area contributed by atoms with E-state index in [1.54, 1.807) is 0 Å². The maximum absolute atomic E-state index is 13.2.